The first-order valence-corrected chi connectivity index (χ1v) is 10.7. The Labute approximate surface area is 188 Å². The van der Waals surface area contributed by atoms with Crippen LogP contribution in [0.4, 0.5) is 17.5 Å². The second kappa shape index (κ2) is 9.66. The van der Waals surface area contributed by atoms with E-state index in [0.717, 1.165) is 48.1 Å². The summed E-state index contributed by atoms with van der Waals surface area (Å²) in [4.78, 5) is 26.7. The van der Waals surface area contributed by atoms with E-state index in [0.29, 0.717) is 11.6 Å². The minimum atomic E-state index is 0.207. The maximum atomic E-state index is 8.94. The average molecular weight is 430 g/mol. The van der Waals surface area contributed by atoms with Crippen LogP contribution in [0, 0.1) is 18.3 Å². The molecule has 1 atom stereocenters. The highest BCUT2D eigenvalue weighted by Gasteiger charge is 2.26. The van der Waals surface area contributed by atoms with Crippen molar-refractivity contribution in [3.8, 4) is 6.07 Å². The van der Waals surface area contributed by atoms with Crippen molar-refractivity contribution >= 4 is 17.5 Å². The maximum Gasteiger partial charge on any atom is 0.224 e. The van der Waals surface area contributed by atoms with Crippen LogP contribution in [0.25, 0.3) is 0 Å². The van der Waals surface area contributed by atoms with Gasteiger partial charge in [0.05, 0.1) is 23.6 Å². The van der Waals surface area contributed by atoms with Gasteiger partial charge in [0.25, 0.3) is 0 Å². The molecule has 4 heterocycles. The fraction of sp³-hybridized carbons (Fsp3) is 0.391. The summed E-state index contributed by atoms with van der Waals surface area (Å²) in [6.07, 6.45) is 8.83. The Bertz CT molecular complexity index is 1090. The summed E-state index contributed by atoms with van der Waals surface area (Å²) < 4.78 is 0. The van der Waals surface area contributed by atoms with Crippen molar-refractivity contribution in [1.29, 1.82) is 5.26 Å². The fourth-order valence-corrected chi connectivity index (χ4v) is 3.92. The first kappa shape index (κ1) is 21.6. The molecule has 0 aliphatic carbocycles. The van der Waals surface area contributed by atoms with Gasteiger partial charge >= 0.3 is 0 Å². The standard InChI is InChI=1S/C23H27N9/c1-16-28-20(10-22(29-16)30-19-8-7-18(11-24)25-14-19)21-6-4-5-9-32(21)15-17-12-26-23(27-13-17)31(2)3/h7-8,10,12-14,21H,4-6,9,15H2,1-3H3,(H,28,29,30)/t21-/m0/s1. The highest BCUT2D eigenvalue weighted by atomic mass is 15.2. The molecule has 9 heteroatoms. The van der Waals surface area contributed by atoms with Crippen molar-refractivity contribution in [2.24, 2.45) is 0 Å². The van der Waals surface area contributed by atoms with Crippen molar-refractivity contribution in [3.63, 3.8) is 0 Å². The van der Waals surface area contributed by atoms with Crippen LogP contribution in [-0.4, -0.2) is 50.5 Å². The normalized spacial score (nSPS) is 16.4. The molecule has 1 aliphatic heterocycles. The summed E-state index contributed by atoms with van der Waals surface area (Å²) >= 11 is 0. The van der Waals surface area contributed by atoms with Crippen molar-refractivity contribution < 1.29 is 0 Å². The molecule has 4 rings (SSSR count). The van der Waals surface area contributed by atoms with Crippen molar-refractivity contribution in [2.75, 3.05) is 30.9 Å². The zero-order valence-corrected chi connectivity index (χ0v) is 18.7. The molecule has 1 saturated heterocycles. The number of piperidine rings is 1. The van der Waals surface area contributed by atoms with Gasteiger partial charge in [0.1, 0.15) is 23.4 Å². The molecule has 9 nitrogen and oxygen atoms in total. The van der Waals surface area contributed by atoms with E-state index in [-0.39, 0.29) is 6.04 Å². The van der Waals surface area contributed by atoms with Crippen LogP contribution in [0.2, 0.25) is 0 Å². The van der Waals surface area contributed by atoms with Crippen LogP contribution >= 0.6 is 0 Å². The first-order chi connectivity index (χ1) is 15.5. The molecule has 0 unspecified atom stereocenters. The summed E-state index contributed by atoms with van der Waals surface area (Å²) in [5.41, 5.74) is 3.27. The van der Waals surface area contributed by atoms with Gasteiger partial charge in [-0.15, -0.1) is 0 Å². The summed E-state index contributed by atoms with van der Waals surface area (Å²) in [6.45, 7) is 3.70. The van der Waals surface area contributed by atoms with Crippen LogP contribution in [-0.2, 0) is 6.54 Å². The summed E-state index contributed by atoms with van der Waals surface area (Å²) in [5, 5.41) is 12.2. The lowest BCUT2D eigenvalue weighted by Gasteiger charge is -2.35. The molecular formula is C23H27N9. The molecule has 0 spiro atoms. The van der Waals surface area contributed by atoms with Crippen molar-refractivity contribution in [1.82, 2.24) is 29.8 Å². The SMILES string of the molecule is Cc1nc(Nc2ccc(C#N)nc2)cc([C@@H]2CCCCN2Cc2cnc(N(C)C)nc2)n1. The molecule has 1 aliphatic rings. The Hall–Kier alpha value is -3.64. The second-order valence-corrected chi connectivity index (χ2v) is 8.16. The summed E-state index contributed by atoms with van der Waals surface area (Å²) in [7, 11) is 3.87. The number of anilines is 3. The molecule has 0 bridgehead atoms. The third-order valence-corrected chi connectivity index (χ3v) is 5.44. The van der Waals surface area contributed by atoms with Crippen LogP contribution in [0.1, 0.15) is 48.1 Å². The van der Waals surface area contributed by atoms with Crippen molar-refractivity contribution in [2.45, 2.75) is 38.8 Å². The Kier molecular flexibility index (Phi) is 6.52. The lowest BCUT2D eigenvalue weighted by Crippen LogP contribution is -2.33. The van der Waals surface area contributed by atoms with Crippen molar-refractivity contribution in [3.05, 3.63) is 59.6 Å². The number of nitrogens with zero attached hydrogens (tertiary/aromatic N) is 8. The van der Waals surface area contributed by atoms with Gasteiger partial charge in [-0.25, -0.2) is 24.9 Å². The third-order valence-electron chi connectivity index (χ3n) is 5.44. The number of hydrogen-bond donors (Lipinski definition) is 1. The number of likely N-dealkylation sites (tertiary alicyclic amines) is 1. The molecule has 3 aromatic rings. The first-order valence-electron chi connectivity index (χ1n) is 10.7. The molecule has 3 aromatic heterocycles. The molecule has 1 N–H and O–H groups in total. The molecule has 1 fully saturated rings. The monoisotopic (exact) mass is 429 g/mol. The largest absolute Gasteiger partial charge is 0.347 e. The molecular weight excluding hydrogens is 402 g/mol. The van der Waals surface area contributed by atoms with E-state index in [1.54, 1.807) is 12.3 Å². The van der Waals surface area contributed by atoms with E-state index in [1.165, 1.54) is 12.8 Å². The number of nitriles is 1. The van der Waals surface area contributed by atoms with Gasteiger partial charge < -0.3 is 10.2 Å². The topological polar surface area (TPSA) is 107 Å². The number of nitrogens with one attached hydrogen (secondary N) is 1. The van der Waals surface area contributed by atoms with Crippen LogP contribution < -0.4 is 10.2 Å². The van der Waals surface area contributed by atoms with E-state index in [2.05, 4.69) is 30.2 Å². The zero-order valence-electron chi connectivity index (χ0n) is 18.7. The molecule has 0 amide bonds. The molecule has 0 aromatic carbocycles. The molecule has 0 saturated carbocycles. The van der Waals surface area contributed by atoms with Gasteiger partial charge in [-0.3, -0.25) is 4.90 Å². The number of hydrogen-bond acceptors (Lipinski definition) is 9. The quantitative estimate of drug-likeness (QED) is 0.631. The average Bonchev–Trinajstić information content (AvgIpc) is 2.80. The Morgan fingerprint density at radius 1 is 1.12 bits per heavy atom. The minimum Gasteiger partial charge on any atom is -0.347 e. The highest BCUT2D eigenvalue weighted by molar-refractivity contribution is 5.55. The van der Waals surface area contributed by atoms with Crippen LogP contribution in [0.15, 0.2) is 36.8 Å². The lowest BCUT2D eigenvalue weighted by molar-refractivity contribution is 0.137. The number of aryl methyl sites for hydroxylation is 1. The van der Waals surface area contributed by atoms with Gasteiger partial charge in [-0.1, -0.05) is 6.42 Å². The summed E-state index contributed by atoms with van der Waals surface area (Å²) in [6, 6.07) is 7.76. The number of rotatable bonds is 6. The second-order valence-electron chi connectivity index (χ2n) is 8.16. The smallest absolute Gasteiger partial charge is 0.224 e. The van der Waals surface area contributed by atoms with Gasteiger partial charge in [-0.2, -0.15) is 5.26 Å². The van der Waals surface area contributed by atoms with Crippen LogP contribution in [0.3, 0.4) is 0 Å². The third kappa shape index (κ3) is 5.15. The number of aromatic nitrogens is 5. The Morgan fingerprint density at radius 2 is 1.94 bits per heavy atom. The highest BCUT2D eigenvalue weighted by Crippen LogP contribution is 2.32. The van der Waals surface area contributed by atoms with Gasteiger partial charge in [-0.05, 0) is 38.4 Å². The predicted molar refractivity (Wildman–Crippen MR) is 122 cm³/mol. The summed E-state index contributed by atoms with van der Waals surface area (Å²) in [5.74, 6) is 2.15. The van der Waals surface area contributed by atoms with Gasteiger partial charge in [0.2, 0.25) is 5.95 Å². The van der Waals surface area contributed by atoms with E-state index < -0.39 is 0 Å². The Balaban J connectivity index is 1.54. The maximum absolute atomic E-state index is 8.94. The molecule has 164 valence electrons. The zero-order chi connectivity index (χ0) is 22.5. The predicted octanol–water partition coefficient (Wildman–Crippen LogP) is 3.38. The van der Waals surface area contributed by atoms with E-state index >= 15 is 0 Å². The van der Waals surface area contributed by atoms with E-state index in [4.69, 9.17) is 10.2 Å². The number of pyridine rings is 1. The minimum absolute atomic E-state index is 0.207. The van der Waals surface area contributed by atoms with Gasteiger partial charge in [0.15, 0.2) is 0 Å². The van der Waals surface area contributed by atoms with Crippen LogP contribution in [0.5, 0.6) is 0 Å². The fourth-order valence-electron chi connectivity index (χ4n) is 3.92. The Morgan fingerprint density at radius 3 is 2.62 bits per heavy atom. The lowest BCUT2D eigenvalue weighted by atomic mass is 9.98. The van der Waals surface area contributed by atoms with E-state index in [1.807, 2.05) is 56.5 Å². The molecule has 0 radical (unpaired) electrons. The van der Waals surface area contributed by atoms with Gasteiger partial charge in [0, 0.05) is 44.7 Å². The molecule has 32 heavy (non-hydrogen) atoms. The van der Waals surface area contributed by atoms with E-state index in [9.17, 15) is 0 Å².